The van der Waals surface area contributed by atoms with Gasteiger partial charge in [0.25, 0.3) is 0 Å². The minimum Gasteiger partial charge on any atom is -0.462 e. The first-order valence-electron chi connectivity index (χ1n) is 6.85. The van der Waals surface area contributed by atoms with Crippen molar-refractivity contribution in [1.82, 2.24) is 4.90 Å². The van der Waals surface area contributed by atoms with Crippen LogP contribution in [0.5, 0.6) is 0 Å². The third-order valence-corrected chi connectivity index (χ3v) is 3.28. The molecular formula is C15H21NO3. The Morgan fingerprint density at radius 2 is 2.16 bits per heavy atom. The first-order valence-corrected chi connectivity index (χ1v) is 6.85. The third-order valence-electron chi connectivity index (χ3n) is 3.28. The van der Waals surface area contributed by atoms with Crippen molar-refractivity contribution in [2.75, 3.05) is 19.7 Å². The molecule has 0 bridgehead atoms. The maximum atomic E-state index is 11.6. The highest BCUT2D eigenvalue weighted by molar-refractivity contribution is 5.89. The van der Waals surface area contributed by atoms with Crippen molar-refractivity contribution in [2.24, 2.45) is 0 Å². The molecule has 0 aromatic heterocycles. The number of hydrogen-bond donors (Lipinski definition) is 1. The summed E-state index contributed by atoms with van der Waals surface area (Å²) in [6.07, 6.45) is 1.49. The normalized spacial score (nSPS) is 19.6. The van der Waals surface area contributed by atoms with E-state index in [1.165, 1.54) is 0 Å². The summed E-state index contributed by atoms with van der Waals surface area (Å²) in [6, 6.07) is 7.51. The van der Waals surface area contributed by atoms with E-state index in [1.807, 2.05) is 19.1 Å². The SMILES string of the molecule is CCCOC(=O)c1ccc(CN2CCC(O)C2)cc1. The van der Waals surface area contributed by atoms with Crippen molar-refractivity contribution in [2.45, 2.75) is 32.4 Å². The van der Waals surface area contributed by atoms with Crippen LogP contribution in [-0.2, 0) is 11.3 Å². The number of carbonyl (C=O) groups is 1. The van der Waals surface area contributed by atoms with Gasteiger partial charge in [-0.3, -0.25) is 4.90 Å². The van der Waals surface area contributed by atoms with E-state index < -0.39 is 0 Å². The summed E-state index contributed by atoms with van der Waals surface area (Å²) in [5.74, 6) is -0.259. The molecule has 1 aliphatic heterocycles. The first kappa shape index (κ1) is 14.0. The second-order valence-corrected chi connectivity index (χ2v) is 5.01. The molecule has 0 spiro atoms. The van der Waals surface area contributed by atoms with Gasteiger partial charge in [-0.1, -0.05) is 19.1 Å². The fraction of sp³-hybridized carbons (Fsp3) is 0.533. The summed E-state index contributed by atoms with van der Waals surface area (Å²) in [4.78, 5) is 13.9. The lowest BCUT2D eigenvalue weighted by atomic mass is 10.1. The molecule has 1 aliphatic rings. The van der Waals surface area contributed by atoms with Crippen LogP contribution in [-0.4, -0.2) is 41.8 Å². The average molecular weight is 263 g/mol. The van der Waals surface area contributed by atoms with Gasteiger partial charge in [0.05, 0.1) is 18.3 Å². The van der Waals surface area contributed by atoms with Gasteiger partial charge in [0.1, 0.15) is 0 Å². The lowest BCUT2D eigenvalue weighted by Crippen LogP contribution is -2.21. The van der Waals surface area contributed by atoms with Crippen molar-refractivity contribution in [3.05, 3.63) is 35.4 Å². The van der Waals surface area contributed by atoms with E-state index >= 15 is 0 Å². The third kappa shape index (κ3) is 4.04. The molecule has 1 unspecified atom stereocenters. The Morgan fingerprint density at radius 1 is 1.42 bits per heavy atom. The Bertz CT molecular complexity index is 416. The number of aliphatic hydroxyl groups excluding tert-OH is 1. The van der Waals surface area contributed by atoms with Crippen molar-refractivity contribution in [3.8, 4) is 0 Å². The Morgan fingerprint density at radius 3 is 2.74 bits per heavy atom. The van der Waals surface area contributed by atoms with E-state index in [1.54, 1.807) is 12.1 Å². The molecule has 1 atom stereocenters. The van der Waals surface area contributed by atoms with Crippen LogP contribution in [0.3, 0.4) is 0 Å². The summed E-state index contributed by atoms with van der Waals surface area (Å²) in [6.45, 7) is 4.93. The summed E-state index contributed by atoms with van der Waals surface area (Å²) in [5, 5.41) is 9.47. The summed E-state index contributed by atoms with van der Waals surface area (Å²) < 4.78 is 5.08. The first-order chi connectivity index (χ1) is 9.19. The minimum absolute atomic E-state index is 0.191. The summed E-state index contributed by atoms with van der Waals surface area (Å²) >= 11 is 0. The quantitative estimate of drug-likeness (QED) is 0.823. The number of likely N-dealkylation sites (tertiary alicyclic amines) is 1. The zero-order valence-corrected chi connectivity index (χ0v) is 11.3. The second kappa shape index (κ2) is 6.68. The fourth-order valence-electron chi connectivity index (χ4n) is 2.24. The molecular weight excluding hydrogens is 242 g/mol. The van der Waals surface area contributed by atoms with Gasteiger partial charge in [-0.15, -0.1) is 0 Å². The molecule has 1 fully saturated rings. The smallest absolute Gasteiger partial charge is 0.338 e. The molecule has 1 aromatic carbocycles. The van der Waals surface area contributed by atoms with Crippen LogP contribution in [0.15, 0.2) is 24.3 Å². The van der Waals surface area contributed by atoms with Gasteiger partial charge in [0, 0.05) is 19.6 Å². The lowest BCUT2D eigenvalue weighted by molar-refractivity contribution is 0.0505. The molecule has 2 rings (SSSR count). The highest BCUT2D eigenvalue weighted by atomic mass is 16.5. The number of hydrogen-bond acceptors (Lipinski definition) is 4. The predicted octanol–water partition coefficient (Wildman–Crippen LogP) is 1.82. The van der Waals surface area contributed by atoms with Crippen LogP contribution in [0, 0.1) is 0 Å². The fourth-order valence-corrected chi connectivity index (χ4v) is 2.24. The molecule has 0 amide bonds. The number of aliphatic hydroxyl groups is 1. The number of ether oxygens (including phenoxy) is 1. The van der Waals surface area contributed by atoms with E-state index in [9.17, 15) is 9.90 Å². The van der Waals surface area contributed by atoms with Crippen molar-refractivity contribution < 1.29 is 14.6 Å². The number of benzene rings is 1. The highest BCUT2D eigenvalue weighted by Crippen LogP contribution is 2.14. The van der Waals surface area contributed by atoms with Gasteiger partial charge in [-0.05, 0) is 30.5 Å². The van der Waals surface area contributed by atoms with Crippen molar-refractivity contribution in [3.63, 3.8) is 0 Å². The van der Waals surface area contributed by atoms with Gasteiger partial charge >= 0.3 is 5.97 Å². The van der Waals surface area contributed by atoms with Crippen LogP contribution in [0.1, 0.15) is 35.7 Å². The molecule has 4 nitrogen and oxygen atoms in total. The number of carbonyl (C=O) groups excluding carboxylic acids is 1. The zero-order valence-electron chi connectivity index (χ0n) is 11.3. The van der Waals surface area contributed by atoms with E-state index in [0.717, 1.165) is 38.0 Å². The van der Waals surface area contributed by atoms with Crippen molar-refractivity contribution >= 4 is 5.97 Å². The van der Waals surface area contributed by atoms with E-state index in [-0.39, 0.29) is 12.1 Å². The molecule has 1 aromatic rings. The minimum atomic E-state index is -0.259. The van der Waals surface area contributed by atoms with E-state index in [4.69, 9.17) is 4.74 Å². The Labute approximate surface area is 114 Å². The maximum absolute atomic E-state index is 11.6. The Hall–Kier alpha value is -1.39. The number of β-amino-alcohol motifs (C(OH)–C–C–N with tert-alkyl or cyclic N) is 1. The molecule has 1 N–H and O–H groups in total. The van der Waals surface area contributed by atoms with Gasteiger partial charge < -0.3 is 9.84 Å². The number of esters is 1. The topological polar surface area (TPSA) is 49.8 Å². The van der Waals surface area contributed by atoms with Gasteiger partial charge in [-0.25, -0.2) is 4.79 Å². The molecule has 19 heavy (non-hydrogen) atoms. The molecule has 4 heteroatoms. The lowest BCUT2D eigenvalue weighted by Gasteiger charge is -2.14. The molecule has 104 valence electrons. The maximum Gasteiger partial charge on any atom is 0.338 e. The largest absolute Gasteiger partial charge is 0.462 e. The Balaban J connectivity index is 1.89. The van der Waals surface area contributed by atoms with Gasteiger partial charge in [-0.2, -0.15) is 0 Å². The molecule has 0 aliphatic carbocycles. The van der Waals surface area contributed by atoms with Crippen LogP contribution in [0.25, 0.3) is 0 Å². The summed E-state index contributed by atoms with van der Waals surface area (Å²) in [5.41, 5.74) is 1.75. The average Bonchev–Trinajstić information content (AvgIpc) is 2.82. The van der Waals surface area contributed by atoms with E-state index in [0.29, 0.717) is 12.2 Å². The summed E-state index contributed by atoms with van der Waals surface area (Å²) in [7, 11) is 0. The number of rotatable bonds is 5. The Kier molecular flexibility index (Phi) is 4.93. The molecule has 0 saturated carbocycles. The van der Waals surface area contributed by atoms with Gasteiger partial charge in [0.15, 0.2) is 0 Å². The zero-order chi connectivity index (χ0) is 13.7. The van der Waals surface area contributed by atoms with Crippen molar-refractivity contribution in [1.29, 1.82) is 0 Å². The van der Waals surface area contributed by atoms with E-state index in [2.05, 4.69) is 4.90 Å². The van der Waals surface area contributed by atoms with Crippen LogP contribution < -0.4 is 0 Å². The molecule has 0 radical (unpaired) electrons. The standard InChI is InChI=1S/C15H21NO3/c1-2-9-19-15(18)13-5-3-12(4-6-13)10-16-8-7-14(17)11-16/h3-6,14,17H,2,7-11H2,1H3. The van der Waals surface area contributed by atoms with Crippen LogP contribution in [0.4, 0.5) is 0 Å². The van der Waals surface area contributed by atoms with Crippen LogP contribution in [0.2, 0.25) is 0 Å². The highest BCUT2D eigenvalue weighted by Gasteiger charge is 2.19. The predicted molar refractivity (Wildman–Crippen MR) is 72.9 cm³/mol. The molecule has 1 heterocycles. The molecule has 1 saturated heterocycles. The second-order valence-electron chi connectivity index (χ2n) is 5.01. The van der Waals surface area contributed by atoms with Crippen LogP contribution >= 0.6 is 0 Å². The van der Waals surface area contributed by atoms with Gasteiger partial charge in [0.2, 0.25) is 0 Å². The number of nitrogens with zero attached hydrogens (tertiary/aromatic N) is 1. The monoisotopic (exact) mass is 263 g/mol.